The Kier molecular flexibility index (Phi) is 3.84. The van der Waals surface area contributed by atoms with Gasteiger partial charge in [-0.3, -0.25) is 9.59 Å². The number of benzene rings is 1. The number of anilines is 1. The number of nitrogens with one attached hydrogen (secondary N) is 1. The average molecular weight is 275 g/mol. The summed E-state index contributed by atoms with van der Waals surface area (Å²) >= 11 is 0. The van der Waals surface area contributed by atoms with E-state index in [1.54, 1.807) is 6.92 Å². The van der Waals surface area contributed by atoms with Gasteiger partial charge in [-0.15, -0.1) is 0 Å². The maximum Gasteiger partial charge on any atom is 0.306 e. The van der Waals surface area contributed by atoms with Crippen LogP contribution < -0.4 is 5.32 Å². The fourth-order valence-corrected chi connectivity index (χ4v) is 2.31. The highest BCUT2D eigenvalue weighted by Crippen LogP contribution is 2.51. The van der Waals surface area contributed by atoms with E-state index in [0.29, 0.717) is 6.42 Å². The van der Waals surface area contributed by atoms with E-state index in [-0.39, 0.29) is 17.2 Å². The Hall–Kier alpha value is -1.84. The highest BCUT2D eigenvalue weighted by atomic mass is 16.4. The van der Waals surface area contributed by atoms with E-state index in [1.165, 1.54) is 0 Å². The topological polar surface area (TPSA) is 66.4 Å². The molecule has 1 amide bonds. The zero-order chi connectivity index (χ0) is 14.9. The van der Waals surface area contributed by atoms with Gasteiger partial charge in [-0.1, -0.05) is 32.9 Å². The average Bonchev–Trinajstić information content (AvgIpc) is 3.01. The van der Waals surface area contributed by atoms with E-state index in [9.17, 15) is 9.59 Å². The maximum atomic E-state index is 12.0. The molecular weight excluding hydrogens is 254 g/mol. The molecule has 1 unspecified atom stereocenters. The smallest absolute Gasteiger partial charge is 0.306 e. The molecule has 20 heavy (non-hydrogen) atoms. The van der Waals surface area contributed by atoms with E-state index in [0.717, 1.165) is 17.7 Å². The number of carbonyl (C=O) groups excluding carboxylic acids is 1. The molecule has 2 N–H and O–H groups in total. The first-order valence-electron chi connectivity index (χ1n) is 6.92. The summed E-state index contributed by atoms with van der Waals surface area (Å²) in [6.07, 6.45) is 1.44. The van der Waals surface area contributed by atoms with Gasteiger partial charge < -0.3 is 10.4 Å². The fourth-order valence-electron chi connectivity index (χ4n) is 2.31. The molecule has 1 aliphatic carbocycles. The SMILES string of the molecule is CC(Cc1ccc(NC(=O)[C@H]2CC2(C)C)cc1)C(=O)O. The van der Waals surface area contributed by atoms with Crippen molar-refractivity contribution in [3.8, 4) is 0 Å². The van der Waals surface area contributed by atoms with Gasteiger partial charge in [0.25, 0.3) is 0 Å². The zero-order valence-corrected chi connectivity index (χ0v) is 12.1. The number of hydrogen-bond acceptors (Lipinski definition) is 2. The van der Waals surface area contributed by atoms with E-state index in [1.807, 2.05) is 24.3 Å². The van der Waals surface area contributed by atoms with Crippen molar-refractivity contribution in [2.75, 3.05) is 5.32 Å². The van der Waals surface area contributed by atoms with Crippen LogP contribution in [0.4, 0.5) is 5.69 Å². The Balaban J connectivity index is 1.92. The molecule has 0 heterocycles. The van der Waals surface area contributed by atoms with Crippen LogP contribution in [0, 0.1) is 17.3 Å². The molecule has 108 valence electrons. The summed E-state index contributed by atoms with van der Waals surface area (Å²) in [5.74, 6) is -1.02. The highest BCUT2D eigenvalue weighted by Gasteiger charge is 2.50. The molecule has 1 aliphatic rings. The molecule has 1 aromatic carbocycles. The Morgan fingerprint density at radius 3 is 2.35 bits per heavy atom. The molecule has 1 fully saturated rings. The lowest BCUT2D eigenvalue weighted by molar-refractivity contribution is -0.141. The summed E-state index contributed by atoms with van der Waals surface area (Å²) in [4.78, 5) is 22.8. The molecule has 2 rings (SSSR count). The summed E-state index contributed by atoms with van der Waals surface area (Å²) in [6.45, 7) is 5.87. The fraction of sp³-hybridized carbons (Fsp3) is 0.500. The minimum absolute atomic E-state index is 0.0710. The number of amides is 1. The summed E-state index contributed by atoms with van der Waals surface area (Å²) < 4.78 is 0. The molecule has 2 atom stereocenters. The third-order valence-corrected chi connectivity index (χ3v) is 4.01. The predicted molar refractivity (Wildman–Crippen MR) is 77.5 cm³/mol. The van der Waals surface area contributed by atoms with Crippen LogP contribution in [-0.2, 0) is 16.0 Å². The zero-order valence-electron chi connectivity index (χ0n) is 12.1. The maximum absolute atomic E-state index is 12.0. The second-order valence-corrected chi connectivity index (χ2v) is 6.37. The van der Waals surface area contributed by atoms with Gasteiger partial charge in [0.1, 0.15) is 0 Å². The number of carbonyl (C=O) groups is 2. The van der Waals surface area contributed by atoms with Gasteiger partial charge in [-0.05, 0) is 36.0 Å². The van der Waals surface area contributed by atoms with Crippen molar-refractivity contribution in [3.63, 3.8) is 0 Å². The van der Waals surface area contributed by atoms with E-state index < -0.39 is 11.9 Å². The molecular formula is C16H21NO3. The van der Waals surface area contributed by atoms with Crippen LogP contribution in [0.15, 0.2) is 24.3 Å². The predicted octanol–water partition coefficient (Wildman–Crippen LogP) is 2.93. The monoisotopic (exact) mass is 275 g/mol. The number of carboxylic acid groups (broad SMARTS) is 1. The molecule has 4 nitrogen and oxygen atoms in total. The summed E-state index contributed by atoms with van der Waals surface area (Å²) in [5.41, 5.74) is 1.86. The van der Waals surface area contributed by atoms with Gasteiger partial charge >= 0.3 is 5.97 Å². The van der Waals surface area contributed by atoms with Gasteiger partial charge in [-0.25, -0.2) is 0 Å². The van der Waals surface area contributed by atoms with Gasteiger partial charge in [0.05, 0.1) is 5.92 Å². The lowest BCUT2D eigenvalue weighted by Gasteiger charge is -2.09. The lowest BCUT2D eigenvalue weighted by atomic mass is 10.0. The molecule has 1 saturated carbocycles. The molecule has 0 radical (unpaired) electrons. The Labute approximate surface area is 119 Å². The Bertz CT molecular complexity index is 519. The second kappa shape index (κ2) is 5.27. The van der Waals surface area contributed by atoms with Crippen LogP contribution in [-0.4, -0.2) is 17.0 Å². The van der Waals surface area contributed by atoms with Gasteiger partial charge in [0.15, 0.2) is 0 Å². The van der Waals surface area contributed by atoms with Crippen LogP contribution in [0.25, 0.3) is 0 Å². The largest absolute Gasteiger partial charge is 0.481 e. The molecule has 0 aliphatic heterocycles. The molecule has 0 spiro atoms. The first-order chi connectivity index (χ1) is 9.29. The van der Waals surface area contributed by atoms with Crippen molar-refractivity contribution < 1.29 is 14.7 Å². The minimum atomic E-state index is -0.793. The summed E-state index contributed by atoms with van der Waals surface area (Å²) in [5, 5.41) is 11.8. The van der Waals surface area contributed by atoms with Gasteiger partial charge in [0, 0.05) is 11.6 Å². The van der Waals surface area contributed by atoms with Crippen LogP contribution in [0.2, 0.25) is 0 Å². The minimum Gasteiger partial charge on any atom is -0.481 e. The number of hydrogen-bond donors (Lipinski definition) is 2. The molecule has 0 aromatic heterocycles. The third kappa shape index (κ3) is 3.38. The van der Waals surface area contributed by atoms with Crippen molar-refractivity contribution >= 4 is 17.6 Å². The van der Waals surface area contributed by atoms with Crippen molar-refractivity contribution in [2.24, 2.45) is 17.3 Å². The van der Waals surface area contributed by atoms with Gasteiger partial charge in [0.2, 0.25) is 5.91 Å². The third-order valence-electron chi connectivity index (χ3n) is 4.01. The van der Waals surface area contributed by atoms with E-state index >= 15 is 0 Å². The Morgan fingerprint density at radius 1 is 1.35 bits per heavy atom. The lowest BCUT2D eigenvalue weighted by Crippen LogP contribution is -2.16. The van der Waals surface area contributed by atoms with Crippen molar-refractivity contribution in [3.05, 3.63) is 29.8 Å². The molecule has 0 saturated heterocycles. The quantitative estimate of drug-likeness (QED) is 0.868. The first kappa shape index (κ1) is 14.6. The number of aliphatic carboxylic acids is 1. The molecule has 4 heteroatoms. The molecule has 0 bridgehead atoms. The Morgan fingerprint density at radius 2 is 1.90 bits per heavy atom. The summed E-state index contributed by atoms with van der Waals surface area (Å²) in [6, 6.07) is 7.40. The first-order valence-corrected chi connectivity index (χ1v) is 6.92. The van der Waals surface area contributed by atoms with Crippen molar-refractivity contribution in [2.45, 2.75) is 33.6 Å². The number of rotatable bonds is 5. The van der Waals surface area contributed by atoms with E-state index in [2.05, 4.69) is 19.2 Å². The number of carboxylic acids is 1. The van der Waals surface area contributed by atoms with E-state index in [4.69, 9.17) is 5.11 Å². The normalized spacial score (nSPS) is 21.1. The van der Waals surface area contributed by atoms with Gasteiger partial charge in [-0.2, -0.15) is 0 Å². The van der Waals surface area contributed by atoms with Crippen LogP contribution in [0.1, 0.15) is 32.8 Å². The van der Waals surface area contributed by atoms with Crippen LogP contribution in [0.3, 0.4) is 0 Å². The van der Waals surface area contributed by atoms with Crippen LogP contribution in [0.5, 0.6) is 0 Å². The molecule has 1 aromatic rings. The highest BCUT2D eigenvalue weighted by molar-refractivity contribution is 5.94. The van der Waals surface area contributed by atoms with Crippen molar-refractivity contribution in [1.29, 1.82) is 0 Å². The second-order valence-electron chi connectivity index (χ2n) is 6.37. The van der Waals surface area contributed by atoms with Crippen LogP contribution >= 0.6 is 0 Å². The standard InChI is InChI=1S/C16H21NO3/c1-10(15(19)20)8-11-4-6-12(7-5-11)17-14(18)13-9-16(13,2)3/h4-7,10,13H,8-9H2,1-3H3,(H,17,18)(H,19,20)/t10?,13-/m1/s1. The van der Waals surface area contributed by atoms with Crippen molar-refractivity contribution in [1.82, 2.24) is 0 Å². The summed E-state index contributed by atoms with van der Waals surface area (Å²) in [7, 11) is 0.